The van der Waals surface area contributed by atoms with E-state index in [1.165, 1.54) is 28.2 Å². The Hall–Kier alpha value is -3.88. The smallest absolute Gasteiger partial charge is 0.310 e. The summed E-state index contributed by atoms with van der Waals surface area (Å²) in [6.07, 6.45) is 0.834. The zero-order valence-electron chi connectivity index (χ0n) is 17.0. The van der Waals surface area contributed by atoms with E-state index in [-0.39, 0.29) is 30.4 Å². The first kappa shape index (κ1) is 20.4. The number of H-pyrrole nitrogens is 1. The van der Waals surface area contributed by atoms with Crippen molar-refractivity contribution in [3.05, 3.63) is 69.9 Å². The number of hydrogen-bond donors (Lipinski definition) is 1. The molecular formula is C22H22N4O5. The van der Waals surface area contributed by atoms with Crippen molar-refractivity contribution in [2.45, 2.75) is 19.8 Å². The largest absolute Gasteiger partial charge is 0.477 e. The van der Waals surface area contributed by atoms with E-state index in [0.717, 1.165) is 22.2 Å². The fourth-order valence-corrected chi connectivity index (χ4v) is 3.88. The molecule has 2 aromatic carbocycles. The lowest BCUT2D eigenvalue weighted by atomic mass is 10.1. The van der Waals surface area contributed by atoms with Gasteiger partial charge in [0.15, 0.2) is 12.4 Å². The molecule has 160 valence electrons. The molecule has 9 heteroatoms. The lowest BCUT2D eigenvalue weighted by molar-refractivity contribution is -0.385. The first-order chi connectivity index (χ1) is 15.0. The number of nitrogens with one attached hydrogen (secondary N) is 1. The lowest BCUT2D eigenvalue weighted by Gasteiger charge is -2.28. The highest BCUT2D eigenvalue weighted by Crippen LogP contribution is 2.26. The first-order valence-electron chi connectivity index (χ1n) is 9.98. The van der Waals surface area contributed by atoms with E-state index >= 15 is 0 Å². The Bertz CT molecular complexity index is 1160. The second kappa shape index (κ2) is 8.47. The topological polar surface area (TPSA) is 109 Å². The average molecular weight is 422 g/mol. The number of benzene rings is 2. The van der Waals surface area contributed by atoms with Gasteiger partial charge in [-0.1, -0.05) is 30.3 Å². The summed E-state index contributed by atoms with van der Waals surface area (Å²) >= 11 is 0. The predicted molar refractivity (Wildman–Crippen MR) is 113 cm³/mol. The fourth-order valence-electron chi connectivity index (χ4n) is 3.88. The maximum atomic E-state index is 13.0. The summed E-state index contributed by atoms with van der Waals surface area (Å²) < 4.78 is 5.41. The van der Waals surface area contributed by atoms with Gasteiger partial charge < -0.3 is 9.72 Å². The highest BCUT2D eigenvalue weighted by atomic mass is 16.6. The van der Waals surface area contributed by atoms with Gasteiger partial charge in [0.2, 0.25) is 5.91 Å². The lowest BCUT2D eigenvalue weighted by Crippen LogP contribution is -2.47. The molecule has 0 bridgehead atoms. The number of para-hydroxylation sites is 3. The van der Waals surface area contributed by atoms with Crippen LogP contribution in [-0.2, 0) is 16.0 Å². The molecule has 0 radical (unpaired) electrons. The van der Waals surface area contributed by atoms with Gasteiger partial charge in [-0.3, -0.25) is 24.7 Å². The van der Waals surface area contributed by atoms with Gasteiger partial charge in [-0.05, 0) is 31.0 Å². The second-order valence-electron chi connectivity index (χ2n) is 7.35. The number of rotatable bonds is 6. The van der Waals surface area contributed by atoms with E-state index in [1.807, 2.05) is 31.2 Å². The molecule has 4 rings (SSSR count). The SMILES string of the molecule is Cc1[nH]c2ccccc2c1CC(=O)N1CCCN1C(=O)COc1ccccc1[N+](=O)[O-]. The van der Waals surface area contributed by atoms with Crippen LogP contribution in [0.5, 0.6) is 5.75 Å². The van der Waals surface area contributed by atoms with Crippen LogP contribution in [0.25, 0.3) is 10.9 Å². The molecule has 2 amide bonds. The van der Waals surface area contributed by atoms with Gasteiger partial charge in [0.25, 0.3) is 5.91 Å². The van der Waals surface area contributed by atoms with Crippen LogP contribution in [0.2, 0.25) is 0 Å². The molecule has 0 atom stereocenters. The van der Waals surface area contributed by atoms with E-state index in [4.69, 9.17) is 4.74 Å². The van der Waals surface area contributed by atoms with Crippen LogP contribution in [0.4, 0.5) is 5.69 Å². The van der Waals surface area contributed by atoms with Crippen LogP contribution in [0.1, 0.15) is 17.7 Å². The molecule has 1 aliphatic rings. The van der Waals surface area contributed by atoms with Gasteiger partial charge in [0.1, 0.15) is 0 Å². The number of nitro groups is 1. The van der Waals surface area contributed by atoms with Crippen molar-refractivity contribution < 1.29 is 19.2 Å². The van der Waals surface area contributed by atoms with Gasteiger partial charge in [-0.2, -0.15) is 0 Å². The quantitative estimate of drug-likeness (QED) is 0.485. The summed E-state index contributed by atoms with van der Waals surface area (Å²) in [6, 6.07) is 13.7. The zero-order chi connectivity index (χ0) is 22.0. The summed E-state index contributed by atoms with van der Waals surface area (Å²) in [5.41, 5.74) is 2.59. The van der Waals surface area contributed by atoms with Crippen molar-refractivity contribution in [3.8, 4) is 5.75 Å². The van der Waals surface area contributed by atoms with Gasteiger partial charge in [0.05, 0.1) is 11.3 Å². The molecule has 9 nitrogen and oxygen atoms in total. The summed E-state index contributed by atoms with van der Waals surface area (Å²) in [6.45, 7) is 2.38. The molecule has 1 aliphatic heterocycles. The second-order valence-corrected chi connectivity index (χ2v) is 7.35. The number of amides is 2. The predicted octanol–water partition coefficient (Wildman–Crippen LogP) is 2.98. The molecule has 1 aromatic heterocycles. The number of hydrogen-bond acceptors (Lipinski definition) is 5. The molecule has 31 heavy (non-hydrogen) atoms. The maximum absolute atomic E-state index is 13.0. The fraction of sp³-hybridized carbons (Fsp3) is 0.273. The highest BCUT2D eigenvalue weighted by Gasteiger charge is 2.31. The van der Waals surface area contributed by atoms with Crippen molar-refractivity contribution in [1.82, 2.24) is 15.0 Å². The third kappa shape index (κ3) is 4.07. The number of nitrogens with zero attached hydrogens (tertiary/aromatic N) is 3. The van der Waals surface area contributed by atoms with Crippen molar-refractivity contribution in [2.75, 3.05) is 19.7 Å². The van der Waals surface area contributed by atoms with Crippen molar-refractivity contribution in [1.29, 1.82) is 0 Å². The molecule has 0 saturated carbocycles. The molecular weight excluding hydrogens is 400 g/mol. The Labute approximate surface area is 178 Å². The van der Waals surface area contributed by atoms with Crippen molar-refractivity contribution in [3.63, 3.8) is 0 Å². The minimum atomic E-state index is -0.560. The number of aromatic amines is 1. The zero-order valence-corrected chi connectivity index (χ0v) is 17.0. The molecule has 1 fully saturated rings. The van der Waals surface area contributed by atoms with Crippen molar-refractivity contribution in [2.24, 2.45) is 0 Å². The Balaban J connectivity index is 1.45. The molecule has 2 heterocycles. The normalized spacial score (nSPS) is 13.6. The summed E-state index contributed by atoms with van der Waals surface area (Å²) in [7, 11) is 0. The number of carbonyl (C=O) groups is 2. The number of ether oxygens (including phenoxy) is 1. The Morgan fingerprint density at radius 1 is 1.06 bits per heavy atom. The van der Waals surface area contributed by atoms with Crippen LogP contribution in [-0.4, -0.2) is 51.4 Å². The first-order valence-corrected chi connectivity index (χ1v) is 9.98. The molecule has 0 aliphatic carbocycles. The van der Waals surface area contributed by atoms with Crippen LogP contribution in [0.15, 0.2) is 48.5 Å². The van der Waals surface area contributed by atoms with Gasteiger partial charge in [-0.15, -0.1) is 0 Å². The minimum Gasteiger partial charge on any atom is -0.477 e. The number of aromatic nitrogens is 1. The van der Waals surface area contributed by atoms with E-state index in [0.29, 0.717) is 19.5 Å². The van der Waals surface area contributed by atoms with Crippen LogP contribution >= 0.6 is 0 Å². The highest BCUT2D eigenvalue weighted by molar-refractivity contribution is 5.91. The van der Waals surface area contributed by atoms with Crippen LogP contribution < -0.4 is 4.74 Å². The Morgan fingerprint density at radius 3 is 2.52 bits per heavy atom. The van der Waals surface area contributed by atoms with Crippen LogP contribution in [0.3, 0.4) is 0 Å². The standard InChI is InChI=1S/C22H22N4O5/c1-15-17(16-7-2-3-8-18(16)23-15)13-21(27)24-11-6-12-25(24)22(28)14-31-20-10-5-4-9-19(20)26(29)30/h2-5,7-10,23H,6,11-14H2,1H3. The monoisotopic (exact) mass is 422 g/mol. The van der Waals surface area contributed by atoms with E-state index in [2.05, 4.69) is 4.98 Å². The number of fused-ring (bicyclic) bond motifs is 1. The third-order valence-corrected chi connectivity index (χ3v) is 5.38. The van der Waals surface area contributed by atoms with Gasteiger partial charge in [-0.25, -0.2) is 5.01 Å². The van der Waals surface area contributed by atoms with Crippen LogP contribution in [0, 0.1) is 17.0 Å². The molecule has 3 aromatic rings. The minimum absolute atomic E-state index is 0.0207. The number of aryl methyl sites for hydroxylation is 1. The average Bonchev–Trinajstić information content (AvgIpc) is 3.37. The van der Waals surface area contributed by atoms with E-state index in [1.54, 1.807) is 6.07 Å². The van der Waals surface area contributed by atoms with Gasteiger partial charge >= 0.3 is 5.69 Å². The Morgan fingerprint density at radius 2 is 1.74 bits per heavy atom. The van der Waals surface area contributed by atoms with E-state index in [9.17, 15) is 19.7 Å². The summed E-state index contributed by atoms with van der Waals surface area (Å²) in [5, 5.41) is 14.9. The number of hydrazine groups is 1. The maximum Gasteiger partial charge on any atom is 0.310 e. The molecule has 1 saturated heterocycles. The van der Waals surface area contributed by atoms with Gasteiger partial charge in [0, 0.05) is 35.8 Å². The molecule has 0 spiro atoms. The third-order valence-electron chi connectivity index (χ3n) is 5.38. The van der Waals surface area contributed by atoms with Crippen molar-refractivity contribution >= 4 is 28.4 Å². The summed E-state index contributed by atoms with van der Waals surface area (Å²) in [4.78, 5) is 39.6. The number of nitro benzene ring substituents is 1. The molecule has 0 unspecified atom stereocenters. The molecule has 1 N–H and O–H groups in total. The summed E-state index contributed by atoms with van der Waals surface area (Å²) in [5.74, 6) is -0.573. The number of carbonyl (C=O) groups excluding carboxylic acids is 2. The Kier molecular flexibility index (Phi) is 5.57. The van der Waals surface area contributed by atoms with E-state index < -0.39 is 10.8 Å².